The molecule has 1 aliphatic heterocycles. The second kappa shape index (κ2) is 6.75. The van der Waals surface area contributed by atoms with Gasteiger partial charge in [0.25, 0.3) is 0 Å². The SMILES string of the molecule is Cc1ccc(C(=O)CCC(=O)N2CCCC2c2cccs2)s1. The number of hydrogen-bond acceptors (Lipinski definition) is 4. The molecule has 1 atom stereocenters. The molecule has 116 valence electrons. The van der Waals surface area contributed by atoms with Crippen LogP contribution in [0.5, 0.6) is 0 Å². The van der Waals surface area contributed by atoms with Crippen LogP contribution in [0.2, 0.25) is 0 Å². The summed E-state index contributed by atoms with van der Waals surface area (Å²) in [4.78, 5) is 29.7. The number of rotatable bonds is 5. The highest BCUT2D eigenvalue weighted by atomic mass is 32.1. The molecule has 0 spiro atoms. The van der Waals surface area contributed by atoms with E-state index in [9.17, 15) is 9.59 Å². The second-order valence-electron chi connectivity index (χ2n) is 5.59. The first-order valence-corrected chi connectivity index (χ1v) is 9.27. The minimum absolute atomic E-state index is 0.0818. The van der Waals surface area contributed by atoms with Crippen LogP contribution in [0.15, 0.2) is 29.6 Å². The molecule has 3 nitrogen and oxygen atoms in total. The van der Waals surface area contributed by atoms with Gasteiger partial charge < -0.3 is 4.90 Å². The maximum absolute atomic E-state index is 12.5. The van der Waals surface area contributed by atoms with Gasteiger partial charge >= 0.3 is 0 Å². The Morgan fingerprint density at radius 1 is 1.27 bits per heavy atom. The predicted octanol–water partition coefficient (Wildman–Crippen LogP) is 4.44. The van der Waals surface area contributed by atoms with Gasteiger partial charge in [-0.1, -0.05) is 6.07 Å². The number of Topliss-reactive ketones (excluding diaryl/α,β-unsaturated/α-hetero) is 1. The standard InChI is InChI=1S/C17H19NO2S2/c1-12-6-8-16(22-12)14(19)7-9-17(20)18-10-2-4-13(18)15-5-3-11-21-15/h3,5-6,8,11,13H,2,4,7,9-10H2,1H3. The Labute approximate surface area is 138 Å². The number of carbonyl (C=O) groups is 2. The van der Waals surface area contributed by atoms with E-state index in [0.717, 1.165) is 29.1 Å². The summed E-state index contributed by atoms with van der Waals surface area (Å²) >= 11 is 3.21. The highest BCUT2D eigenvalue weighted by Gasteiger charge is 2.30. The molecule has 0 radical (unpaired) electrons. The molecule has 0 N–H and O–H groups in total. The van der Waals surface area contributed by atoms with Gasteiger partial charge in [-0.2, -0.15) is 0 Å². The second-order valence-corrected chi connectivity index (χ2v) is 7.86. The number of amides is 1. The zero-order valence-corrected chi connectivity index (χ0v) is 14.2. The molecule has 1 aliphatic rings. The molecule has 1 unspecified atom stereocenters. The fourth-order valence-corrected chi connectivity index (χ4v) is 4.62. The number of carbonyl (C=O) groups excluding carboxylic acids is 2. The largest absolute Gasteiger partial charge is 0.335 e. The summed E-state index contributed by atoms with van der Waals surface area (Å²) < 4.78 is 0. The van der Waals surface area contributed by atoms with E-state index in [1.54, 1.807) is 11.3 Å². The fourth-order valence-electron chi connectivity index (χ4n) is 2.91. The number of ketones is 1. The topological polar surface area (TPSA) is 37.4 Å². The van der Waals surface area contributed by atoms with Gasteiger partial charge in [-0.3, -0.25) is 9.59 Å². The van der Waals surface area contributed by atoms with Gasteiger partial charge in [-0.05, 0) is 43.3 Å². The van der Waals surface area contributed by atoms with Crippen molar-refractivity contribution in [3.63, 3.8) is 0 Å². The number of nitrogens with zero attached hydrogens (tertiary/aromatic N) is 1. The minimum Gasteiger partial charge on any atom is -0.335 e. The Balaban J connectivity index is 1.58. The lowest BCUT2D eigenvalue weighted by molar-refractivity contribution is -0.132. The van der Waals surface area contributed by atoms with Gasteiger partial charge in [-0.15, -0.1) is 22.7 Å². The summed E-state index contributed by atoms with van der Waals surface area (Å²) in [7, 11) is 0. The van der Waals surface area contributed by atoms with Crippen molar-refractivity contribution in [2.75, 3.05) is 6.54 Å². The van der Waals surface area contributed by atoms with Crippen molar-refractivity contribution in [3.05, 3.63) is 44.3 Å². The van der Waals surface area contributed by atoms with Crippen molar-refractivity contribution in [1.29, 1.82) is 0 Å². The van der Waals surface area contributed by atoms with Gasteiger partial charge in [0.05, 0.1) is 10.9 Å². The lowest BCUT2D eigenvalue weighted by atomic mass is 10.1. The van der Waals surface area contributed by atoms with Crippen LogP contribution >= 0.6 is 22.7 Å². The van der Waals surface area contributed by atoms with Crippen molar-refractivity contribution in [3.8, 4) is 0 Å². The van der Waals surface area contributed by atoms with E-state index in [1.165, 1.54) is 16.2 Å². The van der Waals surface area contributed by atoms with Crippen molar-refractivity contribution in [2.24, 2.45) is 0 Å². The van der Waals surface area contributed by atoms with E-state index < -0.39 is 0 Å². The number of thiophene rings is 2. The third-order valence-corrected chi connectivity index (χ3v) is 6.04. The first-order chi connectivity index (χ1) is 10.6. The van der Waals surface area contributed by atoms with Gasteiger partial charge in [0, 0.05) is 29.1 Å². The number of aryl methyl sites for hydroxylation is 1. The molecule has 2 aromatic heterocycles. The van der Waals surface area contributed by atoms with Gasteiger partial charge in [0.1, 0.15) is 0 Å². The molecule has 22 heavy (non-hydrogen) atoms. The van der Waals surface area contributed by atoms with E-state index in [0.29, 0.717) is 12.8 Å². The summed E-state index contributed by atoms with van der Waals surface area (Å²) in [5, 5.41) is 2.05. The molecule has 0 aromatic carbocycles. The van der Waals surface area contributed by atoms with E-state index in [1.807, 2.05) is 30.0 Å². The van der Waals surface area contributed by atoms with Crippen molar-refractivity contribution < 1.29 is 9.59 Å². The molecule has 3 rings (SSSR count). The average molecular weight is 333 g/mol. The van der Waals surface area contributed by atoms with Gasteiger partial charge in [0.2, 0.25) is 5.91 Å². The summed E-state index contributed by atoms with van der Waals surface area (Å²) in [6, 6.07) is 8.15. The lowest BCUT2D eigenvalue weighted by Crippen LogP contribution is -2.30. The smallest absolute Gasteiger partial charge is 0.223 e. The maximum atomic E-state index is 12.5. The molecule has 0 bridgehead atoms. The van der Waals surface area contributed by atoms with Crippen LogP contribution in [0.1, 0.15) is 51.2 Å². The quantitative estimate of drug-likeness (QED) is 0.758. The Hall–Kier alpha value is -1.46. The Bertz CT molecular complexity index is 660. The molecule has 0 aliphatic carbocycles. The molecule has 2 aromatic rings. The first kappa shape index (κ1) is 15.4. The molecular weight excluding hydrogens is 314 g/mol. The molecular formula is C17H19NO2S2. The summed E-state index contributed by atoms with van der Waals surface area (Å²) in [5.41, 5.74) is 0. The van der Waals surface area contributed by atoms with Crippen LogP contribution in [-0.2, 0) is 4.79 Å². The van der Waals surface area contributed by atoms with Crippen LogP contribution in [0.25, 0.3) is 0 Å². The zero-order valence-electron chi connectivity index (χ0n) is 12.6. The summed E-state index contributed by atoms with van der Waals surface area (Å²) in [5.74, 6) is 0.191. The minimum atomic E-state index is 0.0818. The van der Waals surface area contributed by atoms with E-state index in [2.05, 4.69) is 11.4 Å². The molecule has 1 saturated heterocycles. The predicted molar refractivity (Wildman–Crippen MR) is 90.6 cm³/mol. The normalized spacial score (nSPS) is 17.9. The monoisotopic (exact) mass is 333 g/mol. The Kier molecular flexibility index (Phi) is 4.74. The number of likely N-dealkylation sites (tertiary alicyclic amines) is 1. The summed E-state index contributed by atoms with van der Waals surface area (Å²) in [6.45, 7) is 2.80. The van der Waals surface area contributed by atoms with Crippen LogP contribution in [0, 0.1) is 6.92 Å². The van der Waals surface area contributed by atoms with E-state index in [4.69, 9.17) is 0 Å². The van der Waals surface area contributed by atoms with Crippen molar-refractivity contribution in [1.82, 2.24) is 4.90 Å². The Morgan fingerprint density at radius 3 is 2.82 bits per heavy atom. The Morgan fingerprint density at radius 2 is 2.14 bits per heavy atom. The molecule has 3 heterocycles. The average Bonchev–Trinajstić information content (AvgIpc) is 3.23. The maximum Gasteiger partial charge on any atom is 0.223 e. The van der Waals surface area contributed by atoms with Crippen molar-refractivity contribution in [2.45, 2.75) is 38.6 Å². The highest BCUT2D eigenvalue weighted by Crippen LogP contribution is 2.35. The third kappa shape index (κ3) is 3.31. The molecule has 1 fully saturated rings. The van der Waals surface area contributed by atoms with Crippen LogP contribution in [-0.4, -0.2) is 23.1 Å². The molecule has 0 saturated carbocycles. The lowest BCUT2D eigenvalue weighted by Gasteiger charge is -2.23. The summed E-state index contributed by atoms with van der Waals surface area (Å²) in [6.07, 6.45) is 2.71. The highest BCUT2D eigenvalue weighted by molar-refractivity contribution is 7.14. The number of hydrogen-bond donors (Lipinski definition) is 0. The molecule has 5 heteroatoms. The first-order valence-electron chi connectivity index (χ1n) is 7.57. The van der Waals surface area contributed by atoms with Crippen LogP contribution < -0.4 is 0 Å². The molecule has 1 amide bonds. The zero-order chi connectivity index (χ0) is 15.5. The van der Waals surface area contributed by atoms with Crippen LogP contribution in [0.3, 0.4) is 0 Å². The van der Waals surface area contributed by atoms with Gasteiger partial charge in [-0.25, -0.2) is 0 Å². The van der Waals surface area contributed by atoms with Gasteiger partial charge in [0.15, 0.2) is 5.78 Å². The van der Waals surface area contributed by atoms with E-state index >= 15 is 0 Å². The fraction of sp³-hybridized carbons (Fsp3) is 0.412. The van der Waals surface area contributed by atoms with E-state index in [-0.39, 0.29) is 17.7 Å². The third-order valence-electron chi connectivity index (χ3n) is 4.03. The van der Waals surface area contributed by atoms with Crippen molar-refractivity contribution >= 4 is 34.4 Å². The van der Waals surface area contributed by atoms with Crippen LogP contribution in [0.4, 0.5) is 0 Å².